The van der Waals surface area contributed by atoms with E-state index in [4.69, 9.17) is 4.74 Å². The minimum absolute atomic E-state index is 0.0337. The largest absolute Gasteiger partial charge is 0.484 e. The lowest BCUT2D eigenvalue weighted by molar-refractivity contribution is 0.286. The first-order chi connectivity index (χ1) is 14.0. The molecule has 3 nitrogen and oxygen atoms in total. The fourth-order valence-corrected chi connectivity index (χ4v) is 4.06. The summed E-state index contributed by atoms with van der Waals surface area (Å²) >= 11 is 0. The van der Waals surface area contributed by atoms with Crippen LogP contribution in [0.5, 0.6) is 5.75 Å². The maximum atomic E-state index is 14.6. The molecule has 0 aliphatic heterocycles. The highest BCUT2D eigenvalue weighted by molar-refractivity contribution is 5.71. The number of halogens is 2. The van der Waals surface area contributed by atoms with E-state index in [1.54, 1.807) is 36.5 Å². The molecular formula is C24H24F2N2O. The molecule has 0 N–H and O–H groups in total. The van der Waals surface area contributed by atoms with E-state index in [9.17, 15) is 8.78 Å². The number of hydrogen-bond acceptors (Lipinski definition) is 3. The van der Waals surface area contributed by atoms with Gasteiger partial charge in [-0.3, -0.25) is 0 Å². The summed E-state index contributed by atoms with van der Waals surface area (Å²) in [7, 11) is 0. The summed E-state index contributed by atoms with van der Waals surface area (Å²) < 4.78 is 34.8. The zero-order chi connectivity index (χ0) is 20.4. The standard InChI is InChI=1S/C24H24F2N2O/c1-15-9-10-21(25)20(13-15)19-7-4-8-22(26)23(19)29-14-17-11-12-27-24(28-17)18-6-3-5-16(18)2/h4,7-13,16,18H,3,5-6,14H2,1-2H3. The van der Waals surface area contributed by atoms with Crippen molar-refractivity contribution in [1.82, 2.24) is 9.97 Å². The fourth-order valence-electron chi connectivity index (χ4n) is 4.06. The van der Waals surface area contributed by atoms with Gasteiger partial charge in [0.05, 0.1) is 5.69 Å². The van der Waals surface area contributed by atoms with Gasteiger partial charge in [0.15, 0.2) is 11.6 Å². The van der Waals surface area contributed by atoms with Crippen molar-refractivity contribution in [3.8, 4) is 16.9 Å². The lowest BCUT2D eigenvalue weighted by atomic mass is 9.97. The normalized spacial score (nSPS) is 18.8. The fraction of sp³-hybridized carbons (Fsp3) is 0.333. The van der Waals surface area contributed by atoms with Gasteiger partial charge in [0.25, 0.3) is 0 Å². The monoisotopic (exact) mass is 394 g/mol. The number of benzene rings is 2. The molecule has 5 heteroatoms. The van der Waals surface area contributed by atoms with Gasteiger partial charge in [0.2, 0.25) is 0 Å². The minimum atomic E-state index is -0.526. The molecule has 0 bridgehead atoms. The molecule has 1 aromatic heterocycles. The van der Waals surface area contributed by atoms with Crippen LogP contribution in [0, 0.1) is 24.5 Å². The Labute approximate surface area is 169 Å². The summed E-state index contributed by atoms with van der Waals surface area (Å²) in [6, 6.07) is 11.1. The van der Waals surface area contributed by atoms with Gasteiger partial charge in [0.1, 0.15) is 18.2 Å². The molecule has 0 spiro atoms. The van der Waals surface area contributed by atoms with Crippen LogP contribution in [0.25, 0.3) is 11.1 Å². The van der Waals surface area contributed by atoms with Gasteiger partial charge in [-0.05, 0) is 49.9 Å². The number of rotatable bonds is 5. The van der Waals surface area contributed by atoms with E-state index in [0.29, 0.717) is 28.7 Å². The van der Waals surface area contributed by atoms with Crippen molar-refractivity contribution in [2.45, 2.75) is 45.6 Å². The molecular weight excluding hydrogens is 370 g/mol. The summed E-state index contributed by atoms with van der Waals surface area (Å²) in [6.07, 6.45) is 5.20. The van der Waals surface area contributed by atoms with Crippen molar-refractivity contribution < 1.29 is 13.5 Å². The molecule has 2 atom stereocenters. The molecule has 1 aliphatic carbocycles. The second-order valence-corrected chi connectivity index (χ2v) is 7.81. The Balaban J connectivity index is 1.60. The van der Waals surface area contributed by atoms with Gasteiger partial charge in [-0.15, -0.1) is 0 Å². The van der Waals surface area contributed by atoms with Gasteiger partial charge >= 0.3 is 0 Å². The van der Waals surface area contributed by atoms with E-state index in [1.165, 1.54) is 25.0 Å². The molecule has 0 saturated heterocycles. The number of nitrogens with zero attached hydrogens (tertiary/aromatic N) is 2. The molecule has 2 aromatic carbocycles. The maximum Gasteiger partial charge on any atom is 0.165 e. The summed E-state index contributed by atoms with van der Waals surface area (Å²) in [4.78, 5) is 9.09. The molecule has 0 amide bonds. The third-order valence-electron chi connectivity index (χ3n) is 5.67. The Hall–Kier alpha value is -2.82. The molecule has 0 radical (unpaired) electrons. The van der Waals surface area contributed by atoms with E-state index in [-0.39, 0.29) is 12.4 Å². The van der Waals surface area contributed by atoms with Gasteiger partial charge in [-0.25, -0.2) is 18.7 Å². The van der Waals surface area contributed by atoms with E-state index in [0.717, 1.165) is 17.8 Å². The summed E-state index contributed by atoms with van der Waals surface area (Å²) in [5, 5.41) is 0. The topological polar surface area (TPSA) is 35.0 Å². The zero-order valence-corrected chi connectivity index (χ0v) is 16.7. The first-order valence-electron chi connectivity index (χ1n) is 10.0. The molecule has 1 aliphatic rings. The second kappa shape index (κ2) is 8.27. The summed E-state index contributed by atoms with van der Waals surface area (Å²) in [6.45, 7) is 4.19. The molecule has 1 saturated carbocycles. The lowest BCUT2D eigenvalue weighted by Gasteiger charge is -2.16. The van der Waals surface area contributed by atoms with E-state index in [2.05, 4.69) is 16.9 Å². The van der Waals surface area contributed by atoms with Crippen molar-refractivity contribution in [2.75, 3.05) is 0 Å². The third kappa shape index (κ3) is 4.14. The Bertz CT molecular complexity index is 1020. The van der Waals surface area contributed by atoms with Crippen molar-refractivity contribution in [1.29, 1.82) is 0 Å². The number of para-hydroxylation sites is 1. The van der Waals surface area contributed by atoms with E-state index in [1.807, 2.05) is 6.92 Å². The predicted molar refractivity (Wildman–Crippen MR) is 109 cm³/mol. The minimum Gasteiger partial charge on any atom is -0.484 e. The van der Waals surface area contributed by atoms with Crippen LogP contribution in [0.4, 0.5) is 8.78 Å². The van der Waals surface area contributed by atoms with Gasteiger partial charge < -0.3 is 4.74 Å². The van der Waals surface area contributed by atoms with Gasteiger partial charge in [0, 0.05) is 23.2 Å². The maximum absolute atomic E-state index is 14.6. The van der Waals surface area contributed by atoms with Crippen LogP contribution in [0.3, 0.4) is 0 Å². The van der Waals surface area contributed by atoms with Crippen LogP contribution in [-0.2, 0) is 6.61 Å². The number of aryl methyl sites for hydroxylation is 1. The Morgan fingerprint density at radius 2 is 1.90 bits per heavy atom. The average molecular weight is 394 g/mol. The summed E-state index contributed by atoms with van der Waals surface area (Å²) in [5.41, 5.74) is 2.29. The highest BCUT2D eigenvalue weighted by Gasteiger charge is 2.27. The van der Waals surface area contributed by atoms with Gasteiger partial charge in [-0.2, -0.15) is 0 Å². The number of aromatic nitrogens is 2. The molecule has 1 fully saturated rings. The van der Waals surface area contributed by atoms with Crippen LogP contribution in [0.15, 0.2) is 48.7 Å². The number of ether oxygens (including phenoxy) is 1. The highest BCUT2D eigenvalue weighted by Crippen LogP contribution is 2.38. The highest BCUT2D eigenvalue weighted by atomic mass is 19.1. The van der Waals surface area contributed by atoms with Crippen LogP contribution in [-0.4, -0.2) is 9.97 Å². The Morgan fingerprint density at radius 1 is 1.03 bits per heavy atom. The molecule has 29 heavy (non-hydrogen) atoms. The van der Waals surface area contributed by atoms with Gasteiger partial charge in [-0.1, -0.05) is 37.1 Å². The third-order valence-corrected chi connectivity index (χ3v) is 5.67. The summed E-state index contributed by atoms with van der Waals surface area (Å²) in [5.74, 6) is 0.850. The van der Waals surface area contributed by atoms with Crippen LogP contribution in [0.1, 0.15) is 49.2 Å². The van der Waals surface area contributed by atoms with E-state index >= 15 is 0 Å². The zero-order valence-electron chi connectivity index (χ0n) is 16.7. The molecule has 2 unspecified atom stereocenters. The van der Waals surface area contributed by atoms with Crippen molar-refractivity contribution in [3.63, 3.8) is 0 Å². The number of hydrogen-bond donors (Lipinski definition) is 0. The van der Waals surface area contributed by atoms with Crippen LogP contribution >= 0.6 is 0 Å². The Kier molecular flexibility index (Phi) is 5.56. The SMILES string of the molecule is Cc1ccc(F)c(-c2cccc(F)c2OCc2ccnc(C3CCCC3C)n2)c1. The van der Waals surface area contributed by atoms with Crippen molar-refractivity contribution >= 4 is 0 Å². The predicted octanol–water partition coefficient (Wildman–Crippen LogP) is 6.21. The Morgan fingerprint density at radius 3 is 2.69 bits per heavy atom. The average Bonchev–Trinajstić information content (AvgIpc) is 3.15. The molecule has 1 heterocycles. The van der Waals surface area contributed by atoms with Crippen molar-refractivity contribution in [3.05, 3.63) is 77.4 Å². The second-order valence-electron chi connectivity index (χ2n) is 7.81. The van der Waals surface area contributed by atoms with E-state index < -0.39 is 11.6 Å². The lowest BCUT2D eigenvalue weighted by Crippen LogP contribution is -2.10. The first kappa shape index (κ1) is 19.5. The van der Waals surface area contributed by atoms with Crippen LogP contribution in [0.2, 0.25) is 0 Å². The molecule has 150 valence electrons. The molecule has 4 rings (SSSR count). The quantitative estimate of drug-likeness (QED) is 0.516. The van der Waals surface area contributed by atoms with Crippen molar-refractivity contribution in [2.24, 2.45) is 5.92 Å². The van der Waals surface area contributed by atoms with Crippen LogP contribution < -0.4 is 4.74 Å². The smallest absolute Gasteiger partial charge is 0.165 e. The molecule has 3 aromatic rings. The first-order valence-corrected chi connectivity index (χ1v) is 10.0.